The molecule has 1 aromatic carbocycles. The number of fused-ring (bicyclic) bond motifs is 2. The van der Waals surface area contributed by atoms with E-state index in [2.05, 4.69) is 30.6 Å². The number of aromatic amines is 1. The highest BCUT2D eigenvalue weighted by Crippen LogP contribution is 2.32. The highest BCUT2D eigenvalue weighted by molar-refractivity contribution is 5.82. The summed E-state index contributed by atoms with van der Waals surface area (Å²) in [4.78, 5) is 27.6. The Hall–Kier alpha value is -3.36. The minimum atomic E-state index is -0.133. The molecule has 1 aliphatic rings. The van der Waals surface area contributed by atoms with Crippen molar-refractivity contribution in [2.24, 2.45) is 0 Å². The molecule has 3 N–H and O–H groups in total. The molecule has 0 aliphatic carbocycles. The zero-order valence-corrected chi connectivity index (χ0v) is 14.9. The average molecular weight is 368 g/mol. The van der Waals surface area contributed by atoms with Crippen molar-refractivity contribution in [3.63, 3.8) is 0 Å². The van der Waals surface area contributed by atoms with E-state index in [9.17, 15) is 4.79 Å². The first-order valence-corrected chi connectivity index (χ1v) is 8.77. The van der Waals surface area contributed by atoms with Crippen molar-refractivity contribution in [2.45, 2.75) is 19.4 Å². The Kier molecular flexibility index (Phi) is 4.73. The maximum Gasteiger partial charge on any atom is 0.222 e. The van der Waals surface area contributed by atoms with Gasteiger partial charge in [-0.1, -0.05) is 6.07 Å². The topological polar surface area (TPSA) is 114 Å². The van der Waals surface area contributed by atoms with Crippen molar-refractivity contribution in [2.75, 3.05) is 25.1 Å². The number of rotatable bonds is 6. The predicted molar refractivity (Wildman–Crippen MR) is 98.8 cm³/mol. The molecule has 2 aromatic heterocycles. The van der Waals surface area contributed by atoms with Crippen LogP contribution in [-0.2, 0) is 4.79 Å². The third-order valence-corrected chi connectivity index (χ3v) is 4.31. The quantitative estimate of drug-likeness (QED) is 0.608. The Labute approximate surface area is 155 Å². The summed E-state index contributed by atoms with van der Waals surface area (Å²) in [7, 11) is 0. The first-order chi connectivity index (χ1) is 13.2. The first kappa shape index (κ1) is 17.1. The van der Waals surface area contributed by atoms with Gasteiger partial charge in [0.05, 0.1) is 12.4 Å². The van der Waals surface area contributed by atoms with E-state index >= 15 is 0 Å². The smallest absolute Gasteiger partial charge is 0.222 e. The number of hydrogen-bond donors (Lipinski definition) is 3. The number of nitrogens with zero attached hydrogens (tertiary/aromatic N) is 3. The summed E-state index contributed by atoms with van der Waals surface area (Å²) in [6.45, 7) is 3.48. The van der Waals surface area contributed by atoms with E-state index in [0.29, 0.717) is 43.4 Å². The van der Waals surface area contributed by atoms with Gasteiger partial charge in [-0.25, -0.2) is 15.0 Å². The molecule has 4 rings (SSSR count). The molecule has 0 saturated carbocycles. The van der Waals surface area contributed by atoms with Crippen LogP contribution < -0.4 is 20.1 Å². The lowest BCUT2D eigenvalue weighted by Gasteiger charge is -2.21. The summed E-state index contributed by atoms with van der Waals surface area (Å²) in [5.74, 6) is 2.03. The van der Waals surface area contributed by atoms with Crippen LogP contribution in [0.2, 0.25) is 0 Å². The third kappa shape index (κ3) is 3.76. The molecule has 0 bridgehead atoms. The molecule has 140 valence electrons. The summed E-state index contributed by atoms with van der Waals surface area (Å²) >= 11 is 0. The Morgan fingerprint density at radius 1 is 1.22 bits per heavy atom. The van der Waals surface area contributed by atoms with Crippen molar-refractivity contribution in [1.29, 1.82) is 0 Å². The molecule has 0 saturated heterocycles. The number of anilines is 1. The standard InChI is InChI=1S/C18H20N6O3/c1-11(12-2-3-13-14(8-12)27-7-6-26-13)24-15(25)4-5-19-17-16-18(21-9-20-16)23-10-22-17/h2-3,8-11H,4-7H2,1H3,(H,24,25)(H2,19,20,21,22,23)/t11-/m0/s1. The van der Waals surface area contributed by atoms with Crippen LogP contribution in [0.1, 0.15) is 24.9 Å². The lowest BCUT2D eigenvalue weighted by atomic mass is 10.1. The highest BCUT2D eigenvalue weighted by Gasteiger charge is 2.16. The van der Waals surface area contributed by atoms with E-state index in [1.165, 1.54) is 6.33 Å². The van der Waals surface area contributed by atoms with E-state index < -0.39 is 0 Å². The highest BCUT2D eigenvalue weighted by atomic mass is 16.6. The zero-order valence-electron chi connectivity index (χ0n) is 14.9. The molecule has 0 fully saturated rings. The summed E-state index contributed by atoms with van der Waals surface area (Å²) in [6.07, 6.45) is 3.32. The van der Waals surface area contributed by atoms with Gasteiger partial charge in [0, 0.05) is 13.0 Å². The van der Waals surface area contributed by atoms with Gasteiger partial charge in [-0.05, 0) is 24.6 Å². The molecular formula is C18H20N6O3. The summed E-state index contributed by atoms with van der Waals surface area (Å²) in [6, 6.07) is 5.59. The van der Waals surface area contributed by atoms with Crippen molar-refractivity contribution < 1.29 is 14.3 Å². The number of ether oxygens (including phenoxy) is 2. The fraction of sp³-hybridized carbons (Fsp3) is 0.333. The average Bonchev–Trinajstić information content (AvgIpc) is 3.17. The number of carbonyl (C=O) groups is 1. The Morgan fingerprint density at radius 3 is 2.96 bits per heavy atom. The Morgan fingerprint density at radius 2 is 2.07 bits per heavy atom. The molecule has 9 nitrogen and oxygen atoms in total. The van der Waals surface area contributed by atoms with E-state index in [4.69, 9.17) is 9.47 Å². The monoisotopic (exact) mass is 368 g/mol. The lowest BCUT2D eigenvalue weighted by molar-refractivity contribution is -0.121. The van der Waals surface area contributed by atoms with Crippen LogP contribution >= 0.6 is 0 Å². The predicted octanol–water partition coefficient (Wildman–Crippen LogP) is 1.80. The fourth-order valence-electron chi connectivity index (χ4n) is 2.92. The van der Waals surface area contributed by atoms with Crippen LogP contribution in [0, 0.1) is 0 Å². The van der Waals surface area contributed by atoms with Crippen molar-refractivity contribution in [3.05, 3.63) is 36.4 Å². The maximum atomic E-state index is 12.3. The minimum Gasteiger partial charge on any atom is -0.486 e. The number of hydrogen-bond acceptors (Lipinski definition) is 7. The van der Waals surface area contributed by atoms with Gasteiger partial charge in [0.25, 0.3) is 0 Å². The Bertz CT molecular complexity index is 957. The SMILES string of the molecule is C[C@H](NC(=O)CCNc1ncnc2nc[nH]c12)c1ccc2c(c1)OCCO2. The van der Waals surface area contributed by atoms with Gasteiger partial charge in [0.15, 0.2) is 23.0 Å². The van der Waals surface area contributed by atoms with E-state index in [1.807, 2.05) is 25.1 Å². The van der Waals surface area contributed by atoms with Crippen LogP contribution in [0.5, 0.6) is 11.5 Å². The minimum absolute atomic E-state index is 0.0557. The number of carbonyl (C=O) groups excluding carboxylic acids is 1. The van der Waals surface area contributed by atoms with Crippen molar-refractivity contribution >= 4 is 22.9 Å². The van der Waals surface area contributed by atoms with Gasteiger partial charge in [0.1, 0.15) is 25.1 Å². The van der Waals surface area contributed by atoms with Crippen LogP contribution in [0.4, 0.5) is 5.82 Å². The maximum absolute atomic E-state index is 12.3. The van der Waals surface area contributed by atoms with Gasteiger partial charge in [0.2, 0.25) is 5.91 Å². The fourth-order valence-corrected chi connectivity index (χ4v) is 2.92. The number of imidazole rings is 1. The molecule has 0 radical (unpaired) electrons. The summed E-state index contributed by atoms with van der Waals surface area (Å²) < 4.78 is 11.1. The van der Waals surface area contributed by atoms with E-state index in [1.54, 1.807) is 6.33 Å². The van der Waals surface area contributed by atoms with E-state index in [-0.39, 0.29) is 11.9 Å². The van der Waals surface area contributed by atoms with Crippen molar-refractivity contribution in [1.82, 2.24) is 25.3 Å². The van der Waals surface area contributed by atoms with Gasteiger partial charge in [-0.3, -0.25) is 4.79 Å². The van der Waals surface area contributed by atoms with Gasteiger partial charge >= 0.3 is 0 Å². The molecule has 1 amide bonds. The molecule has 9 heteroatoms. The molecular weight excluding hydrogens is 348 g/mol. The largest absolute Gasteiger partial charge is 0.486 e. The second-order valence-corrected chi connectivity index (χ2v) is 6.19. The molecule has 3 heterocycles. The first-order valence-electron chi connectivity index (χ1n) is 8.77. The lowest BCUT2D eigenvalue weighted by Crippen LogP contribution is -2.28. The van der Waals surface area contributed by atoms with Crippen LogP contribution in [0.3, 0.4) is 0 Å². The molecule has 27 heavy (non-hydrogen) atoms. The van der Waals surface area contributed by atoms with Crippen LogP contribution in [-0.4, -0.2) is 45.6 Å². The van der Waals surface area contributed by atoms with Crippen molar-refractivity contribution in [3.8, 4) is 11.5 Å². The van der Waals surface area contributed by atoms with Gasteiger partial charge < -0.3 is 25.1 Å². The van der Waals surface area contributed by atoms with E-state index in [0.717, 1.165) is 16.8 Å². The molecule has 0 unspecified atom stereocenters. The second-order valence-electron chi connectivity index (χ2n) is 6.19. The van der Waals surface area contributed by atoms with Gasteiger partial charge in [-0.2, -0.15) is 0 Å². The zero-order chi connectivity index (χ0) is 18.6. The molecule has 1 atom stereocenters. The number of nitrogens with one attached hydrogen (secondary N) is 3. The Balaban J connectivity index is 1.31. The second kappa shape index (κ2) is 7.48. The molecule has 1 aliphatic heterocycles. The van der Waals surface area contributed by atoms with Crippen LogP contribution in [0.25, 0.3) is 11.2 Å². The van der Waals surface area contributed by atoms with Gasteiger partial charge in [-0.15, -0.1) is 0 Å². The molecule has 3 aromatic rings. The normalized spacial score (nSPS) is 14.0. The molecule has 0 spiro atoms. The number of aromatic nitrogens is 4. The number of amides is 1. The summed E-state index contributed by atoms with van der Waals surface area (Å²) in [5, 5.41) is 6.13. The number of benzene rings is 1. The third-order valence-electron chi connectivity index (χ3n) is 4.31. The summed E-state index contributed by atoms with van der Waals surface area (Å²) in [5.41, 5.74) is 2.28. The number of H-pyrrole nitrogens is 1. The van der Waals surface area contributed by atoms with Crippen LogP contribution in [0.15, 0.2) is 30.9 Å².